The van der Waals surface area contributed by atoms with Crippen molar-refractivity contribution in [1.29, 1.82) is 0 Å². The number of nitrogens with two attached hydrogens (primary N) is 1. The molecule has 4 rings (SSSR count). The van der Waals surface area contributed by atoms with Gasteiger partial charge in [0.1, 0.15) is 6.54 Å². The third kappa shape index (κ3) is 8.42. The summed E-state index contributed by atoms with van der Waals surface area (Å²) in [5, 5.41) is 6.47. The van der Waals surface area contributed by atoms with Crippen LogP contribution in [0.2, 0.25) is 0 Å². The zero-order valence-electron chi connectivity index (χ0n) is 28.4. The number of likely N-dealkylation sites (N-methyl/N-ethyl adjacent to an activating group) is 1. The summed E-state index contributed by atoms with van der Waals surface area (Å²) in [7, 11) is 2.16. The number of hydrogen-bond acceptors (Lipinski definition) is 4. The summed E-state index contributed by atoms with van der Waals surface area (Å²) in [6.07, 6.45) is 17.7. The number of amides is 1. The number of allylic oxidation sites excluding steroid dienone is 6. The summed E-state index contributed by atoms with van der Waals surface area (Å²) in [6.45, 7) is 13.6. The molecule has 2 aliphatic heterocycles. The fourth-order valence-corrected chi connectivity index (χ4v) is 6.82. The molecule has 0 unspecified atom stereocenters. The second-order valence-corrected chi connectivity index (χ2v) is 13.4. The molecule has 6 nitrogen and oxygen atoms in total. The van der Waals surface area contributed by atoms with E-state index in [-0.39, 0.29) is 16.7 Å². The van der Waals surface area contributed by atoms with Gasteiger partial charge in [-0.05, 0) is 83.3 Å². The first-order valence-electron chi connectivity index (χ1n) is 17.0. The van der Waals surface area contributed by atoms with Gasteiger partial charge in [-0.1, -0.05) is 68.5 Å². The summed E-state index contributed by atoms with van der Waals surface area (Å²) in [5.41, 5.74) is 13.4. The first-order valence-corrected chi connectivity index (χ1v) is 17.0. The number of hydrogen-bond donors (Lipinski definition) is 3. The number of anilines is 1. The van der Waals surface area contributed by atoms with Crippen LogP contribution in [0, 0.1) is 0 Å². The van der Waals surface area contributed by atoms with Crippen molar-refractivity contribution in [3.05, 3.63) is 95.7 Å². The number of nitrogens with zero attached hydrogens (tertiary/aromatic N) is 2. The van der Waals surface area contributed by atoms with Crippen LogP contribution in [0.3, 0.4) is 0 Å². The fourth-order valence-electron chi connectivity index (χ4n) is 6.82. The molecule has 0 fully saturated rings. The molecule has 1 amide bonds. The Bertz CT molecular complexity index is 1410. The Morgan fingerprint density at radius 3 is 2.31 bits per heavy atom. The number of fused-ring (bicyclic) bond motifs is 2. The molecule has 0 radical (unpaired) electrons. The third-order valence-electron chi connectivity index (χ3n) is 9.42. The fraction of sp³-hybridized carbons (Fsp3) is 0.487. The van der Waals surface area contributed by atoms with Crippen LogP contribution in [0.25, 0.3) is 0 Å². The molecule has 0 aromatic heterocycles. The van der Waals surface area contributed by atoms with Gasteiger partial charge in [-0.15, -0.1) is 0 Å². The van der Waals surface area contributed by atoms with E-state index in [1.165, 1.54) is 33.9 Å². The van der Waals surface area contributed by atoms with Gasteiger partial charge in [-0.3, -0.25) is 4.79 Å². The Balaban J connectivity index is 1.31. The average Bonchev–Trinajstić information content (AvgIpc) is 3.36. The molecule has 0 bridgehead atoms. The number of benzene rings is 2. The molecule has 0 atom stereocenters. The summed E-state index contributed by atoms with van der Waals surface area (Å²) < 4.78 is 2.49. The van der Waals surface area contributed by atoms with Crippen LogP contribution in [0.15, 0.2) is 84.6 Å². The Hall–Kier alpha value is -3.48. The van der Waals surface area contributed by atoms with Crippen molar-refractivity contribution in [3.63, 3.8) is 0 Å². The molecular formula is C39H56N5O+. The van der Waals surface area contributed by atoms with E-state index in [9.17, 15) is 4.79 Å². The average molecular weight is 611 g/mol. The molecule has 2 aliphatic rings. The third-order valence-corrected chi connectivity index (χ3v) is 9.42. The maximum atomic E-state index is 12.3. The number of rotatable bonds is 17. The van der Waals surface area contributed by atoms with E-state index in [0.717, 1.165) is 71.2 Å². The Kier molecular flexibility index (Phi) is 12.4. The predicted octanol–water partition coefficient (Wildman–Crippen LogP) is 6.88. The van der Waals surface area contributed by atoms with Crippen LogP contribution in [0.4, 0.5) is 11.4 Å². The lowest BCUT2D eigenvalue weighted by atomic mass is 9.81. The largest absolute Gasteiger partial charge is 0.356 e. The van der Waals surface area contributed by atoms with Gasteiger partial charge in [-0.2, -0.15) is 4.58 Å². The maximum absolute atomic E-state index is 12.3. The van der Waals surface area contributed by atoms with Gasteiger partial charge in [0, 0.05) is 60.9 Å². The van der Waals surface area contributed by atoms with Crippen LogP contribution in [0.5, 0.6) is 0 Å². The van der Waals surface area contributed by atoms with E-state index in [0.29, 0.717) is 6.42 Å². The minimum Gasteiger partial charge on any atom is -0.356 e. The highest BCUT2D eigenvalue weighted by molar-refractivity contribution is 6.03. The first-order chi connectivity index (χ1) is 21.7. The number of para-hydroxylation sites is 2. The SMILES string of the molecule is CN1/C(=C/C=C/C=C/C2=[N+](CCCCCC(=O)NCCCCNCCCN)c3ccccc3C2(C)C)C(C)(C)c2ccccc21. The topological polar surface area (TPSA) is 73.4 Å². The molecular weight excluding hydrogens is 554 g/mol. The van der Waals surface area contributed by atoms with Gasteiger partial charge in [0.15, 0.2) is 5.71 Å². The molecule has 2 aromatic carbocycles. The van der Waals surface area contributed by atoms with E-state index >= 15 is 0 Å². The van der Waals surface area contributed by atoms with Gasteiger partial charge < -0.3 is 21.3 Å². The van der Waals surface area contributed by atoms with E-state index < -0.39 is 0 Å². The molecule has 0 spiro atoms. The Labute approximate surface area is 272 Å². The molecule has 0 aliphatic carbocycles. The van der Waals surface area contributed by atoms with Crippen molar-refractivity contribution < 1.29 is 9.37 Å². The van der Waals surface area contributed by atoms with Crippen molar-refractivity contribution in [2.75, 3.05) is 44.7 Å². The standard InChI is InChI=1S/C39H55N5O/c1-38(2)31-19-11-13-21-33(31)43(5)35(38)23-8-6-9-24-36-39(3,4)32-20-12-14-22-34(32)44(36)30-17-7-10-25-37(45)42-29-16-15-27-41-28-18-26-40/h6,8-9,11-14,19-24,41H,7,10,15-18,25-30,40H2,1-5H3/p+1. The summed E-state index contributed by atoms with van der Waals surface area (Å²) in [6, 6.07) is 17.5. The van der Waals surface area contributed by atoms with Crippen molar-refractivity contribution in [1.82, 2.24) is 10.6 Å². The van der Waals surface area contributed by atoms with Crippen LogP contribution < -0.4 is 21.3 Å². The van der Waals surface area contributed by atoms with E-state index in [1.807, 2.05) is 0 Å². The number of carbonyl (C=O) groups is 1. The normalized spacial score (nSPS) is 17.6. The zero-order valence-corrected chi connectivity index (χ0v) is 28.4. The first kappa shape index (κ1) is 34.4. The predicted molar refractivity (Wildman–Crippen MR) is 191 cm³/mol. The van der Waals surface area contributed by atoms with Crippen LogP contribution in [-0.4, -0.2) is 56.0 Å². The van der Waals surface area contributed by atoms with Crippen molar-refractivity contribution in [2.24, 2.45) is 5.73 Å². The minimum absolute atomic E-state index is 0.0250. The molecule has 0 saturated heterocycles. The minimum atomic E-state index is -0.0749. The molecule has 0 saturated carbocycles. The summed E-state index contributed by atoms with van der Waals surface area (Å²) in [4.78, 5) is 14.6. The number of carbonyl (C=O) groups excluding carboxylic acids is 1. The highest BCUT2D eigenvalue weighted by Gasteiger charge is 2.43. The highest BCUT2D eigenvalue weighted by Crippen LogP contribution is 2.46. The summed E-state index contributed by atoms with van der Waals surface area (Å²) >= 11 is 0. The lowest BCUT2D eigenvalue weighted by molar-refractivity contribution is -0.438. The molecule has 6 heteroatoms. The van der Waals surface area contributed by atoms with Crippen molar-refractivity contribution in [2.45, 2.75) is 83.5 Å². The molecule has 2 heterocycles. The van der Waals surface area contributed by atoms with Crippen LogP contribution in [0.1, 0.15) is 83.8 Å². The second-order valence-electron chi connectivity index (χ2n) is 13.4. The lowest BCUT2D eigenvalue weighted by Gasteiger charge is -2.23. The maximum Gasteiger partial charge on any atom is 0.219 e. The molecule has 45 heavy (non-hydrogen) atoms. The van der Waals surface area contributed by atoms with Crippen LogP contribution in [-0.2, 0) is 15.6 Å². The monoisotopic (exact) mass is 610 g/mol. The second kappa shape index (κ2) is 16.2. The number of unbranched alkanes of at least 4 members (excludes halogenated alkanes) is 3. The van der Waals surface area contributed by atoms with E-state index in [1.54, 1.807) is 0 Å². The lowest BCUT2D eigenvalue weighted by Crippen LogP contribution is -2.28. The van der Waals surface area contributed by atoms with E-state index in [4.69, 9.17) is 5.73 Å². The van der Waals surface area contributed by atoms with Gasteiger partial charge in [-0.25, -0.2) is 0 Å². The molecule has 2 aromatic rings. The van der Waals surface area contributed by atoms with Crippen LogP contribution >= 0.6 is 0 Å². The van der Waals surface area contributed by atoms with Gasteiger partial charge in [0.2, 0.25) is 11.6 Å². The molecule has 242 valence electrons. The van der Waals surface area contributed by atoms with Gasteiger partial charge in [0.25, 0.3) is 0 Å². The summed E-state index contributed by atoms with van der Waals surface area (Å²) in [5.74, 6) is 0.173. The Morgan fingerprint density at radius 2 is 1.53 bits per heavy atom. The smallest absolute Gasteiger partial charge is 0.219 e. The quantitative estimate of drug-likeness (QED) is 0.104. The van der Waals surface area contributed by atoms with Gasteiger partial charge >= 0.3 is 0 Å². The van der Waals surface area contributed by atoms with Crippen molar-refractivity contribution >= 4 is 23.0 Å². The molecule has 4 N–H and O–H groups in total. The Morgan fingerprint density at radius 1 is 0.822 bits per heavy atom. The van der Waals surface area contributed by atoms with Crippen molar-refractivity contribution in [3.8, 4) is 0 Å². The van der Waals surface area contributed by atoms with E-state index in [2.05, 4.69) is 134 Å². The highest BCUT2D eigenvalue weighted by atomic mass is 16.1. The van der Waals surface area contributed by atoms with Gasteiger partial charge in [0.05, 0.1) is 5.41 Å². The number of nitrogens with one attached hydrogen (secondary N) is 2. The zero-order chi connectivity index (χ0) is 32.3.